The number of hydrogen-bond acceptors (Lipinski definition) is 9. The van der Waals surface area contributed by atoms with Gasteiger partial charge in [-0.1, -0.05) is 29.8 Å². The van der Waals surface area contributed by atoms with Crippen molar-refractivity contribution in [2.45, 2.75) is 6.92 Å². The first-order valence-corrected chi connectivity index (χ1v) is 14.0. The lowest BCUT2D eigenvalue weighted by atomic mass is 10.1. The van der Waals surface area contributed by atoms with Gasteiger partial charge in [-0.15, -0.1) is 0 Å². The quantitative estimate of drug-likeness (QED) is 0.0455. The second-order valence-corrected chi connectivity index (χ2v) is 9.76. The Kier molecular flexibility index (Phi) is 11.2. The molecule has 2 amide bonds. The molecule has 0 aliphatic carbocycles. The molecule has 0 atom stereocenters. The number of anilines is 1. The molecule has 12 nitrogen and oxygen atoms in total. The summed E-state index contributed by atoms with van der Waals surface area (Å²) >= 11 is 6.03. The highest BCUT2D eigenvalue weighted by Crippen LogP contribution is 2.29. The van der Waals surface area contributed by atoms with Crippen molar-refractivity contribution in [1.29, 1.82) is 0 Å². The number of halogens is 1. The minimum Gasteiger partial charge on any atom is -0.496 e. The molecule has 0 fully saturated rings. The minimum atomic E-state index is -0.716. The van der Waals surface area contributed by atoms with Crippen LogP contribution in [0.3, 0.4) is 0 Å². The summed E-state index contributed by atoms with van der Waals surface area (Å²) in [6.07, 6.45) is 3.93. The lowest BCUT2D eigenvalue weighted by molar-refractivity contribution is -0.384. The Labute approximate surface area is 268 Å². The van der Waals surface area contributed by atoms with Gasteiger partial charge in [0.25, 0.3) is 17.5 Å². The molecule has 234 valence electrons. The number of carbonyl (C=O) groups is 3. The van der Waals surface area contributed by atoms with Crippen LogP contribution in [0.1, 0.15) is 38.8 Å². The zero-order valence-corrected chi connectivity index (χ0v) is 25.3. The predicted molar refractivity (Wildman–Crippen MR) is 173 cm³/mol. The summed E-state index contributed by atoms with van der Waals surface area (Å²) in [7, 11) is 1.44. The van der Waals surface area contributed by atoms with Gasteiger partial charge in [-0.05, 0) is 78.7 Å². The van der Waals surface area contributed by atoms with Crippen molar-refractivity contribution < 1.29 is 33.5 Å². The Morgan fingerprint density at radius 1 is 0.913 bits per heavy atom. The van der Waals surface area contributed by atoms with Crippen LogP contribution < -0.4 is 25.0 Å². The van der Waals surface area contributed by atoms with Crippen molar-refractivity contribution in [2.75, 3.05) is 19.0 Å². The number of rotatable bonds is 12. The number of carbonyl (C=O) groups excluding carboxylic acids is 3. The first kappa shape index (κ1) is 32.9. The summed E-state index contributed by atoms with van der Waals surface area (Å²) in [5.41, 5.74) is 4.17. The third-order valence-corrected chi connectivity index (χ3v) is 6.37. The number of hydrazone groups is 1. The van der Waals surface area contributed by atoms with Gasteiger partial charge in [-0.2, -0.15) is 5.10 Å². The van der Waals surface area contributed by atoms with Gasteiger partial charge in [0.2, 0.25) is 0 Å². The summed E-state index contributed by atoms with van der Waals surface area (Å²) in [5.74, 6) is -0.961. The van der Waals surface area contributed by atoms with Crippen molar-refractivity contribution in [2.24, 2.45) is 5.10 Å². The van der Waals surface area contributed by atoms with Gasteiger partial charge in [-0.3, -0.25) is 19.7 Å². The monoisotopic (exact) mass is 642 g/mol. The summed E-state index contributed by atoms with van der Waals surface area (Å²) in [6.45, 7) is 2.04. The molecule has 0 aromatic heterocycles. The lowest BCUT2D eigenvalue weighted by Crippen LogP contribution is -2.18. The fourth-order valence-electron chi connectivity index (χ4n) is 4.03. The van der Waals surface area contributed by atoms with Gasteiger partial charge < -0.3 is 19.5 Å². The molecule has 0 aliphatic rings. The zero-order chi connectivity index (χ0) is 33.1. The molecule has 13 heteroatoms. The third-order valence-electron chi connectivity index (χ3n) is 6.14. The Morgan fingerprint density at radius 3 is 2.46 bits per heavy atom. The highest BCUT2D eigenvalue weighted by atomic mass is 35.5. The number of nitrogens with one attached hydrogen (secondary N) is 2. The average molecular weight is 643 g/mol. The topological polar surface area (TPSA) is 158 Å². The van der Waals surface area contributed by atoms with E-state index in [4.69, 9.17) is 25.8 Å². The van der Waals surface area contributed by atoms with E-state index < -0.39 is 22.7 Å². The van der Waals surface area contributed by atoms with Crippen LogP contribution in [0.5, 0.6) is 17.2 Å². The van der Waals surface area contributed by atoms with Crippen molar-refractivity contribution >= 4 is 53.0 Å². The molecule has 4 rings (SSSR count). The van der Waals surface area contributed by atoms with E-state index in [2.05, 4.69) is 15.8 Å². The first-order valence-electron chi connectivity index (χ1n) is 13.7. The molecule has 46 heavy (non-hydrogen) atoms. The number of amides is 2. The van der Waals surface area contributed by atoms with E-state index in [1.165, 1.54) is 55.8 Å². The van der Waals surface area contributed by atoms with Crippen LogP contribution in [0, 0.1) is 10.1 Å². The number of non-ortho nitro benzene ring substituents is 1. The van der Waals surface area contributed by atoms with Crippen LogP contribution in [0.4, 0.5) is 11.4 Å². The molecular formula is C33H27ClN4O8. The lowest BCUT2D eigenvalue weighted by Gasteiger charge is -2.11. The number of benzene rings is 4. The van der Waals surface area contributed by atoms with Crippen molar-refractivity contribution in [3.05, 3.63) is 128 Å². The molecule has 0 saturated carbocycles. The van der Waals surface area contributed by atoms with E-state index in [0.717, 1.165) is 6.08 Å². The number of nitro groups is 1. The van der Waals surface area contributed by atoms with Crippen LogP contribution in [-0.2, 0) is 4.79 Å². The van der Waals surface area contributed by atoms with E-state index in [9.17, 15) is 24.5 Å². The molecule has 4 aromatic rings. The molecule has 0 aliphatic heterocycles. The van der Waals surface area contributed by atoms with Crippen molar-refractivity contribution in [3.63, 3.8) is 0 Å². The van der Waals surface area contributed by atoms with Crippen LogP contribution in [-0.4, -0.2) is 42.6 Å². The number of ether oxygens (including phenoxy) is 3. The van der Waals surface area contributed by atoms with Gasteiger partial charge >= 0.3 is 5.97 Å². The van der Waals surface area contributed by atoms with E-state index in [1.807, 2.05) is 0 Å². The van der Waals surface area contributed by atoms with Gasteiger partial charge in [-0.25, -0.2) is 10.2 Å². The minimum absolute atomic E-state index is 0.101. The molecule has 4 aromatic carbocycles. The number of nitro benzene ring substituents is 1. The summed E-state index contributed by atoms with van der Waals surface area (Å²) < 4.78 is 16.2. The van der Waals surface area contributed by atoms with Crippen molar-refractivity contribution in [3.8, 4) is 17.2 Å². The third kappa shape index (κ3) is 9.00. The smallest absolute Gasteiger partial charge is 0.336 e. The number of hydrogen-bond donors (Lipinski definition) is 2. The second-order valence-electron chi connectivity index (χ2n) is 9.32. The standard InChI is InChI=1S/C33H27ClN4O8/c1-3-45-30-17-22(10-13-29(30)46-31(39)15-11-21-6-4-9-26(16-21)38(42)43)20-35-37-32(40)23-7-5-8-25(18-23)36-33(41)27-19-24(34)12-14-28(27)44-2/h4-20H,3H2,1-2H3,(H,36,41)(H,37,40)/b15-11+,35-20?. The summed E-state index contributed by atoms with van der Waals surface area (Å²) in [5, 5.41) is 18.0. The predicted octanol–water partition coefficient (Wildman–Crippen LogP) is 6.29. The average Bonchev–Trinajstić information content (AvgIpc) is 3.05. The number of methoxy groups -OCH3 is 1. The normalized spacial score (nSPS) is 10.8. The second kappa shape index (κ2) is 15.6. The van der Waals surface area contributed by atoms with Gasteiger partial charge in [0.1, 0.15) is 5.75 Å². The molecule has 0 bridgehead atoms. The van der Waals surface area contributed by atoms with Crippen LogP contribution in [0.25, 0.3) is 6.08 Å². The molecular weight excluding hydrogens is 616 g/mol. The van der Waals surface area contributed by atoms with Gasteiger partial charge in [0.15, 0.2) is 11.5 Å². The van der Waals surface area contributed by atoms with Gasteiger partial charge in [0.05, 0.1) is 30.4 Å². The molecule has 0 radical (unpaired) electrons. The molecule has 0 saturated heterocycles. The fourth-order valence-corrected chi connectivity index (χ4v) is 4.20. The Hall–Kier alpha value is -6.01. The SMILES string of the molecule is CCOc1cc(C=NNC(=O)c2cccc(NC(=O)c3cc(Cl)ccc3OC)c2)ccc1OC(=O)/C=C/c1cccc([N+](=O)[O-])c1. The maximum absolute atomic E-state index is 12.8. The Balaban J connectivity index is 1.38. The van der Waals surface area contributed by atoms with Crippen LogP contribution in [0.15, 0.2) is 96.1 Å². The molecule has 2 N–H and O–H groups in total. The fraction of sp³-hybridized carbons (Fsp3) is 0.0909. The maximum Gasteiger partial charge on any atom is 0.336 e. The van der Waals surface area contributed by atoms with E-state index >= 15 is 0 Å². The maximum atomic E-state index is 12.8. The largest absolute Gasteiger partial charge is 0.496 e. The van der Waals surface area contributed by atoms with E-state index in [0.29, 0.717) is 27.6 Å². The highest BCUT2D eigenvalue weighted by molar-refractivity contribution is 6.31. The summed E-state index contributed by atoms with van der Waals surface area (Å²) in [4.78, 5) is 48.4. The van der Waals surface area contributed by atoms with E-state index in [1.54, 1.807) is 55.5 Å². The molecule has 0 unspecified atom stereocenters. The highest BCUT2D eigenvalue weighted by Gasteiger charge is 2.15. The zero-order valence-electron chi connectivity index (χ0n) is 24.6. The summed E-state index contributed by atoms with van der Waals surface area (Å²) in [6, 6.07) is 21.4. The van der Waals surface area contributed by atoms with E-state index in [-0.39, 0.29) is 34.9 Å². The van der Waals surface area contributed by atoms with Gasteiger partial charge in [0, 0.05) is 34.5 Å². The molecule has 0 spiro atoms. The van der Waals surface area contributed by atoms with Crippen LogP contribution in [0.2, 0.25) is 5.02 Å². The van der Waals surface area contributed by atoms with Crippen LogP contribution >= 0.6 is 11.6 Å². The first-order chi connectivity index (χ1) is 22.2. The molecule has 0 heterocycles. The number of nitrogens with zero attached hydrogens (tertiary/aromatic N) is 2. The Bertz CT molecular complexity index is 1840. The number of esters is 1. The van der Waals surface area contributed by atoms with Crippen molar-refractivity contribution in [1.82, 2.24) is 5.43 Å². The Morgan fingerprint density at radius 2 is 1.70 bits per heavy atom.